The highest BCUT2D eigenvalue weighted by atomic mass is 127. The van der Waals surface area contributed by atoms with Crippen LogP contribution < -0.4 is 15.5 Å². The zero-order valence-electron chi connectivity index (χ0n) is 18.1. The molecule has 1 amide bonds. The molecule has 0 spiro atoms. The van der Waals surface area contributed by atoms with Crippen molar-refractivity contribution in [2.45, 2.75) is 25.6 Å². The summed E-state index contributed by atoms with van der Waals surface area (Å²) in [5, 5.41) is 6.07. The number of sulfone groups is 1. The highest BCUT2D eigenvalue weighted by Gasteiger charge is 2.23. The molecule has 0 atom stereocenters. The Morgan fingerprint density at radius 1 is 1.16 bits per heavy atom. The molecule has 1 heterocycles. The molecule has 0 fully saturated rings. The minimum absolute atomic E-state index is 0. The molecule has 2 aromatic carbocycles. The van der Waals surface area contributed by atoms with Crippen molar-refractivity contribution in [3.8, 4) is 0 Å². The van der Waals surface area contributed by atoms with Gasteiger partial charge in [-0.1, -0.05) is 24.3 Å². The summed E-state index contributed by atoms with van der Waals surface area (Å²) in [7, 11) is -3.27. The summed E-state index contributed by atoms with van der Waals surface area (Å²) in [5.74, 6) is -0.310. The summed E-state index contributed by atoms with van der Waals surface area (Å²) in [6.07, 6.45) is 1.97. The molecule has 0 saturated carbocycles. The number of nitrogens with one attached hydrogen (secondary N) is 2. The van der Waals surface area contributed by atoms with Crippen LogP contribution in [0.15, 0.2) is 47.5 Å². The standard InChI is InChI=1S/C22H27FN4O3S.HI/c1-3-24-22(25-13-18-12-19(23)9-8-17(18)15-31(2,29)30)26-14-21(28)27-11-10-16-6-4-5-7-20(16)27;/h4-9,12H,3,10-11,13-15H2,1-2H3,(H2,24,25,26);1H. The van der Waals surface area contributed by atoms with Crippen LogP contribution in [0.3, 0.4) is 0 Å². The third-order valence-electron chi connectivity index (χ3n) is 4.93. The van der Waals surface area contributed by atoms with Crippen molar-refractivity contribution in [2.75, 3.05) is 30.8 Å². The quantitative estimate of drug-likeness (QED) is 0.302. The Balaban J connectivity index is 0.00000363. The van der Waals surface area contributed by atoms with Gasteiger partial charge >= 0.3 is 0 Å². The van der Waals surface area contributed by atoms with Crippen LogP contribution in [0.5, 0.6) is 0 Å². The van der Waals surface area contributed by atoms with E-state index in [1.54, 1.807) is 4.90 Å². The number of rotatable bonds is 7. The van der Waals surface area contributed by atoms with E-state index in [0.717, 1.165) is 23.9 Å². The Morgan fingerprint density at radius 2 is 1.91 bits per heavy atom. The maximum absolute atomic E-state index is 13.7. The summed E-state index contributed by atoms with van der Waals surface area (Å²) in [6, 6.07) is 11.8. The Labute approximate surface area is 205 Å². The molecule has 3 rings (SSSR count). The van der Waals surface area contributed by atoms with E-state index in [4.69, 9.17) is 0 Å². The average molecular weight is 574 g/mol. The smallest absolute Gasteiger partial charge is 0.246 e. The summed E-state index contributed by atoms with van der Waals surface area (Å²) in [5.41, 5.74) is 3.08. The number of halogens is 2. The third kappa shape index (κ3) is 7.16. The van der Waals surface area contributed by atoms with Gasteiger partial charge in [-0.25, -0.2) is 17.8 Å². The minimum atomic E-state index is -3.27. The number of fused-ring (bicyclic) bond motifs is 1. The Bertz CT molecular complexity index is 1090. The van der Waals surface area contributed by atoms with Gasteiger partial charge in [-0.2, -0.15) is 0 Å². The van der Waals surface area contributed by atoms with Crippen molar-refractivity contribution >= 4 is 51.4 Å². The first kappa shape index (κ1) is 26.0. The first-order chi connectivity index (χ1) is 14.8. The normalized spacial score (nSPS) is 13.3. The van der Waals surface area contributed by atoms with Crippen LogP contribution >= 0.6 is 24.0 Å². The van der Waals surface area contributed by atoms with E-state index in [1.807, 2.05) is 31.2 Å². The second-order valence-electron chi connectivity index (χ2n) is 7.46. The predicted molar refractivity (Wildman–Crippen MR) is 136 cm³/mol. The molecule has 1 aliphatic heterocycles. The summed E-state index contributed by atoms with van der Waals surface area (Å²) in [4.78, 5) is 18.9. The fourth-order valence-electron chi connectivity index (χ4n) is 3.52. The number of carbonyl (C=O) groups excluding carboxylic acids is 1. The fourth-order valence-corrected chi connectivity index (χ4v) is 4.37. The molecule has 2 N–H and O–H groups in total. The minimum Gasteiger partial charge on any atom is -0.357 e. The summed E-state index contributed by atoms with van der Waals surface area (Å²) >= 11 is 0. The number of nitrogens with zero attached hydrogens (tertiary/aromatic N) is 2. The van der Waals surface area contributed by atoms with Crippen LogP contribution in [0, 0.1) is 5.82 Å². The molecule has 0 bridgehead atoms. The number of hydrogen-bond acceptors (Lipinski definition) is 4. The molecule has 0 aliphatic carbocycles. The van der Waals surface area contributed by atoms with Crippen molar-refractivity contribution in [3.05, 3.63) is 65.0 Å². The lowest BCUT2D eigenvalue weighted by molar-refractivity contribution is -0.117. The van der Waals surface area contributed by atoms with Gasteiger partial charge in [0.2, 0.25) is 5.91 Å². The van der Waals surface area contributed by atoms with Crippen LogP contribution in [0.1, 0.15) is 23.6 Å². The maximum atomic E-state index is 13.7. The van der Waals surface area contributed by atoms with Gasteiger partial charge in [0.1, 0.15) is 5.82 Å². The van der Waals surface area contributed by atoms with Crippen LogP contribution in [0.4, 0.5) is 10.1 Å². The molecule has 2 aromatic rings. The summed E-state index contributed by atoms with van der Waals surface area (Å²) in [6.45, 7) is 3.25. The second kappa shape index (κ2) is 11.6. The van der Waals surface area contributed by atoms with Crippen molar-refractivity contribution < 1.29 is 17.6 Å². The first-order valence-corrected chi connectivity index (χ1v) is 12.2. The lowest BCUT2D eigenvalue weighted by Crippen LogP contribution is -2.44. The van der Waals surface area contributed by atoms with E-state index in [9.17, 15) is 17.6 Å². The Morgan fingerprint density at radius 3 is 2.62 bits per heavy atom. The van der Waals surface area contributed by atoms with Gasteiger partial charge in [0, 0.05) is 25.0 Å². The molecule has 7 nitrogen and oxygen atoms in total. The number of aliphatic imine (C=N–C) groups is 1. The van der Waals surface area contributed by atoms with Gasteiger partial charge in [0.15, 0.2) is 15.8 Å². The van der Waals surface area contributed by atoms with Crippen LogP contribution in [0.25, 0.3) is 0 Å². The van der Waals surface area contributed by atoms with Gasteiger partial charge in [-0.15, -0.1) is 24.0 Å². The van der Waals surface area contributed by atoms with Gasteiger partial charge in [0.25, 0.3) is 0 Å². The highest BCUT2D eigenvalue weighted by Crippen LogP contribution is 2.27. The number of anilines is 1. The molecular weight excluding hydrogens is 546 g/mol. The maximum Gasteiger partial charge on any atom is 0.246 e. The van der Waals surface area contributed by atoms with E-state index in [0.29, 0.717) is 30.2 Å². The SMILES string of the molecule is CCNC(=NCc1cc(F)ccc1CS(C)(=O)=O)NCC(=O)N1CCc2ccccc21.I. The van der Waals surface area contributed by atoms with Crippen molar-refractivity contribution in [1.29, 1.82) is 0 Å². The molecule has 10 heteroatoms. The first-order valence-electron chi connectivity index (χ1n) is 10.1. The fraction of sp³-hybridized carbons (Fsp3) is 0.364. The Hall–Kier alpha value is -2.21. The number of carbonyl (C=O) groups is 1. The van der Waals surface area contributed by atoms with E-state index >= 15 is 0 Å². The van der Waals surface area contributed by atoms with E-state index in [2.05, 4.69) is 15.6 Å². The van der Waals surface area contributed by atoms with Crippen molar-refractivity contribution in [2.24, 2.45) is 4.99 Å². The average Bonchev–Trinajstić information content (AvgIpc) is 3.15. The lowest BCUT2D eigenvalue weighted by atomic mass is 10.1. The molecular formula is C22H28FIN4O3S. The van der Waals surface area contributed by atoms with E-state index in [1.165, 1.54) is 18.2 Å². The number of para-hydroxylation sites is 1. The van der Waals surface area contributed by atoms with Gasteiger partial charge in [0.05, 0.1) is 18.8 Å². The number of benzene rings is 2. The molecule has 1 aliphatic rings. The number of guanidine groups is 1. The van der Waals surface area contributed by atoms with E-state index < -0.39 is 15.7 Å². The van der Waals surface area contributed by atoms with E-state index in [-0.39, 0.29) is 48.7 Å². The van der Waals surface area contributed by atoms with Crippen LogP contribution in [0.2, 0.25) is 0 Å². The predicted octanol–water partition coefficient (Wildman–Crippen LogP) is 2.63. The van der Waals surface area contributed by atoms with Crippen LogP contribution in [-0.4, -0.2) is 46.2 Å². The largest absolute Gasteiger partial charge is 0.357 e. The van der Waals surface area contributed by atoms with Gasteiger partial charge < -0.3 is 15.5 Å². The molecule has 0 saturated heterocycles. The van der Waals surface area contributed by atoms with Crippen molar-refractivity contribution in [1.82, 2.24) is 10.6 Å². The zero-order chi connectivity index (χ0) is 22.4. The molecule has 32 heavy (non-hydrogen) atoms. The highest BCUT2D eigenvalue weighted by molar-refractivity contribution is 14.0. The second-order valence-corrected chi connectivity index (χ2v) is 9.60. The van der Waals surface area contributed by atoms with Gasteiger partial charge in [-0.05, 0) is 48.2 Å². The zero-order valence-corrected chi connectivity index (χ0v) is 21.2. The number of hydrogen-bond donors (Lipinski definition) is 2. The van der Waals surface area contributed by atoms with Crippen LogP contribution in [-0.2, 0) is 33.4 Å². The molecule has 0 unspecified atom stereocenters. The molecule has 0 radical (unpaired) electrons. The molecule has 0 aromatic heterocycles. The summed E-state index contributed by atoms with van der Waals surface area (Å²) < 4.78 is 37.1. The van der Waals surface area contributed by atoms with Crippen molar-refractivity contribution in [3.63, 3.8) is 0 Å². The van der Waals surface area contributed by atoms with Gasteiger partial charge in [-0.3, -0.25) is 4.79 Å². The molecule has 174 valence electrons. The monoisotopic (exact) mass is 574 g/mol. The topological polar surface area (TPSA) is 90.9 Å². The number of amides is 1. The lowest BCUT2D eigenvalue weighted by Gasteiger charge is -2.19. The third-order valence-corrected chi connectivity index (χ3v) is 5.77. The Kier molecular flexibility index (Phi) is 9.44.